The van der Waals surface area contributed by atoms with E-state index in [0.29, 0.717) is 29.7 Å². The summed E-state index contributed by atoms with van der Waals surface area (Å²) >= 11 is 5.79. The van der Waals surface area contributed by atoms with Crippen LogP contribution in [-0.2, 0) is 11.3 Å². The number of benzene rings is 1. The summed E-state index contributed by atoms with van der Waals surface area (Å²) < 4.78 is 10.6. The number of carbonyl (C=O) groups excluding carboxylic acids is 2. The Morgan fingerprint density at radius 2 is 1.96 bits per heavy atom. The smallest absolute Gasteiger partial charge is 0.317 e. The van der Waals surface area contributed by atoms with Crippen molar-refractivity contribution in [2.24, 2.45) is 0 Å². The van der Waals surface area contributed by atoms with Crippen LogP contribution in [0.4, 0.5) is 4.79 Å². The fraction of sp³-hybridized carbons (Fsp3) is 0.294. The zero-order valence-electron chi connectivity index (χ0n) is 13.8. The molecule has 2 N–H and O–H groups in total. The molecule has 0 aliphatic rings. The Hall–Kier alpha value is -2.67. The van der Waals surface area contributed by atoms with Crippen molar-refractivity contribution in [1.29, 1.82) is 0 Å². The van der Waals surface area contributed by atoms with E-state index in [1.165, 1.54) is 11.2 Å². The first-order chi connectivity index (χ1) is 12.0. The quantitative estimate of drug-likeness (QED) is 0.703. The molecule has 0 saturated carbocycles. The molecule has 7 nitrogen and oxygen atoms in total. The van der Waals surface area contributed by atoms with Gasteiger partial charge in [0.15, 0.2) is 0 Å². The molecule has 3 amide bonds. The van der Waals surface area contributed by atoms with Gasteiger partial charge < -0.3 is 24.7 Å². The van der Waals surface area contributed by atoms with Gasteiger partial charge in [-0.3, -0.25) is 4.79 Å². The van der Waals surface area contributed by atoms with E-state index in [9.17, 15) is 9.59 Å². The predicted molar refractivity (Wildman–Crippen MR) is 93.5 cm³/mol. The highest BCUT2D eigenvalue weighted by atomic mass is 35.5. The van der Waals surface area contributed by atoms with Crippen molar-refractivity contribution in [2.45, 2.75) is 6.54 Å². The lowest BCUT2D eigenvalue weighted by Gasteiger charge is -2.17. The van der Waals surface area contributed by atoms with Crippen molar-refractivity contribution < 1.29 is 18.7 Å². The van der Waals surface area contributed by atoms with Gasteiger partial charge in [-0.1, -0.05) is 11.6 Å². The summed E-state index contributed by atoms with van der Waals surface area (Å²) in [5, 5.41) is 5.98. The molecule has 0 spiro atoms. The number of likely N-dealkylation sites (N-methyl/N-ethyl adjacent to an activating group) is 1. The molecule has 25 heavy (non-hydrogen) atoms. The maximum absolute atomic E-state index is 11.9. The van der Waals surface area contributed by atoms with E-state index in [-0.39, 0.29) is 25.0 Å². The topological polar surface area (TPSA) is 83.8 Å². The number of amides is 3. The Bertz CT molecular complexity index is 674. The molecule has 134 valence electrons. The van der Waals surface area contributed by atoms with E-state index in [4.69, 9.17) is 20.8 Å². The van der Waals surface area contributed by atoms with Crippen LogP contribution in [0.3, 0.4) is 0 Å². The van der Waals surface area contributed by atoms with Crippen LogP contribution in [0.25, 0.3) is 0 Å². The predicted octanol–water partition coefficient (Wildman–Crippen LogP) is 2.27. The molecule has 0 radical (unpaired) electrons. The third-order valence-electron chi connectivity index (χ3n) is 3.23. The zero-order valence-corrected chi connectivity index (χ0v) is 14.6. The second kappa shape index (κ2) is 9.58. The number of rotatable bonds is 8. The van der Waals surface area contributed by atoms with Crippen molar-refractivity contribution in [2.75, 3.05) is 26.7 Å². The molecule has 0 aliphatic heterocycles. The van der Waals surface area contributed by atoms with Crippen LogP contribution in [0.5, 0.6) is 5.75 Å². The van der Waals surface area contributed by atoms with Gasteiger partial charge in [-0.15, -0.1) is 0 Å². The lowest BCUT2D eigenvalue weighted by Crippen LogP contribution is -2.44. The molecule has 0 aliphatic carbocycles. The number of nitrogens with one attached hydrogen (secondary N) is 2. The van der Waals surface area contributed by atoms with Gasteiger partial charge in [-0.25, -0.2) is 4.79 Å². The summed E-state index contributed by atoms with van der Waals surface area (Å²) in [6.45, 7) is 0.868. The van der Waals surface area contributed by atoms with Crippen LogP contribution in [0.1, 0.15) is 5.76 Å². The van der Waals surface area contributed by atoms with Crippen LogP contribution in [0, 0.1) is 0 Å². The fourth-order valence-corrected chi connectivity index (χ4v) is 2.06. The molecular weight excluding hydrogens is 346 g/mol. The summed E-state index contributed by atoms with van der Waals surface area (Å²) in [5.41, 5.74) is 0. The number of hydrogen-bond acceptors (Lipinski definition) is 4. The second-order valence-electron chi connectivity index (χ2n) is 5.25. The first-order valence-electron chi connectivity index (χ1n) is 7.71. The number of ether oxygens (including phenoxy) is 1. The van der Waals surface area contributed by atoms with Crippen LogP contribution in [0.2, 0.25) is 5.02 Å². The van der Waals surface area contributed by atoms with Gasteiger partial charge >= 0.3 is 6.03 Å². The molecule has 1 aromatic carbocycles. The highest BCUT2D eigenvalue weighted by Crippen LogP contribution is 2.15. The summed E-state index contributed by atoms with van der Waals surface area (Å²) in [7, 11) is 1.54. The van der Waals surface area contributed by atoms with Crippen molar-refractivity contribution in [3.8, 4) is 5.75 Å². The fourth-order valence-electron chi connectivity index (χ4n) is 1.93. The van der Waals surface area contributed by atoms with E-state index < -0.39 is 0 Å². The molecule has 0 saturated heterocycles. The van der Waals surface area contributed by atoms with Crippen LogP contribution in [-0.4, -0.2) is 43.6 Å². The Morgan fingerprint density at radius 3 is 2.64 bits per heavy atom. The summed E-state index contributed by atoms with van der Waals surface area (Å²) in [6.07, 6.45) is 1.53. The molecule has 1 heterocycles. The van der Waals surface area contributed by atoms with Crippen LogP contribution < -0.4 is 15.4 Å². The van der Waals surface area contributed by atoms with Crippen molar-refractivity contribution in [3.63, 3.8) is 0 Å². The molecule has 0 bridgehead atoms. The van der Waals surface area contributed by atoms with E-state index >= 15 is 0 Å². The molecule has 8 heteroatoms. The number of urea groups is 1. The van der Waals surface area contributed by atoms with Gasteiger partial charge in [0, 0.05) is 12.1 Å². The third kappa shape index (κ3) is 6.76. The average Bonchev–Trinajstić information content (AvgIpc) is 3.11. The highest BCUT2D eigenvalue weighted by Gasteiger charge is 2.12. The molecule has 2 rings (SSSR count). The van der Waals surface area contributed by atoms with Gasteiger partial charge in [-0.05, 0) is 36.4 Å². The van der Waals surface area contributed by atoms with Crippen LogP contribution in [0.15, 0.2) is 47.1 Å². The first-order valence-corrected chi connectivity index (χ1v) is 8.09. The van der Waals surface area contributed by atoms with Gasteiger partial charge in [0.25, 0.3) is 0 Å². The van der Waals surface area contributed by atoms with Crippen molar-refractivity contribution in [3.05, 3.63) is 53.4 Å². The molecule has 0 atom stereocenters. The Morgan fingerprint density at radius 1 is 1.20 bits per heavy atom. The van der Waals surface area contributed by atoms with E-state index in [0.717, 1.165) is 0 Å². The highest BCUT2D eigenvalue weighted by molar-refractivity contribution is 6.30. The lowest BCUT2D eigenvalue weighted by molar-refractivity contribution is -0.121. The summed E-state index contributed by atoms with van der Waals surface area (Å²) in [4.78, 5) is 25.0. The minimum Gasteiger partial charge on any atom is -0.492 e. The Balaban J connectivity index is 1.60. The van der Waals surface area contributed by atoms with Crippen molar-refractivity contribution in [1.82, 2.24) is 15.5 Å². The summed E-state index contributed by atoms with van der Waals surface area (Å²) in [5.74, 6) is 1.05. The Labute approximate surface area is 150 Å². The maximum Gasteiger partial charge on any atom is 0.317 e. The van der Waals surface area contributed by atoms with E-state index in [2.05, 4.69) is 10.6 Å². The zero-order chi connectivity index (χ0) is 18.1. The third-order valence-corrected chi connectivity index (χ3v) is 3.48. The molecule has 1 aromatic heterocycles. The minimum atomic E-state index is -0.354. The first kappa shape index (κ1) is 18.7. The normalized spacial score (nSPS) is 10.2. The van der Waals surface area contributed by atoms with Crippen molar-refractivity contribution >= 4 is 23.5 Å². The minimum absolute atomic E-state index is 0.0510. The standard InChI is InChI=1S/C17H20ClN3O4/c1-21(12-16(22)20-11-15-3-2-9-24-15)17(23)19-8-10-25-14-6-4-13(18)5-7-14/h2-7,9H,8,10-12H2,1H3,(H,19,23)(H,20,22). The van der Waals surface area contributed by atoms with E-state index in [1.807, 2.05) is 0 Å². The molecule has 0 fully saturated rings. The molecule has 2 aromatic rings. The molecule has 0 unspecified atom stereocenters. The van der Waals surface area contributed by atoms with Gasteiger partial charge in [0.2, 0.25) is 5.91 Å². The largest absolute Gasteiger partial charge is 0.492 e. The lowest BCUT2D eigenvalue weighted by atomic mass is 10.3. The number of halogens is 1. The monoisotopic (exact) mass is 365 g/mol. The SMILES string of the molecule is CN(CC(=O)NCc1ccco1)C(=O)NCCOc1ccc(Cl)cc1. The number of nitrogens with zero attached hydrogens (tertiary/aromatic N) is 1. The molecular formula is C17H20ClN3O4. The summed E-state index contributed by atoms with van der Waals surface area (Å²) in [6, 6.07) is 10.1. The number of furan rings is 1. The van der Waals surface area contributed by atoms with Gasteiger partial charge in [0.05, 0.1) is 19.4 Å². The second-order valence-corrected chi connectivity index (χ2v) is 5.68. The van der Waals surface area contributed by atoms with Gasteiger partial charge in [-0.2, -0.15) is 0 Å². The Kier molecular flexibility index (Phi) is 7.16. The van der Waals surface area contributed by atoms with Gasteiger partial charge in [0.1, 0.15) is 24.7 Å². The number of carbonyl (C=O) groups is 2. The maximum atomic E-state index is 11.9. The van der Waals surface area contributed by atoms with E-state index in [1.54, 1.807) is 43.4 Å². The van der Waals surface area contributed by atoms with Crippen LogP contribution >= 0.6 is 11.6 Å². The average molecular weight is 366 g/mol. The number of hydrogen-bond donors (Lipinski definition) is 2.